The highest BCUT2D eigenvalue weighted by Gasteiger charge is 2.15. The Balaban J connectivity index is 1.24. The van der Waals surface area contributed by atoms with Gasteiger partial charge in [0.25, 0.3) is 5.91 Å². The lowest BCUT2D eigenvalue weighted by Crippen LogP contribution is -2.25. The molecule has 0 fully saturated rings. The van der Waals surface area contributed by atoms with E-state index < -0.39 is 0 Å². The third kappa shape index (κ3) is 5.65. The number of hydrogen-bond acceptors (Lipinski definition) is 4. The zero-order valence-corrected chi connectivity index (χ0v) is 21.5. The second kappa shape index (κ2) is 11.2. The Hall–Kier alpha value is -4.97. The molecule has 0 bridgehead atoms. The predicted molar refractivity (Wildman–Crippen MR) is 154 cm³/mol. The molecule has 2 aromatic heterocycles. The molecule has 39 heavy (non-hydrogen) atoms. The van der Waals surface area contributed by atoms with E-state index in [9.17, 15) is 4.79 Å². The summed E-state index contributed by atoms with van der Waals surface area (Å²) in [5.41, 5.74) is 4.54. The molecule has 1 N–H and O–H groups in total. The van der Waals surface area contributed by atoms with Crippen LogP contribution in [0.3, 0.4) is 0 Å². The standard InChI is InChI=1S/C33H28N4O2/c38-33(35-18-16-24-7-2-1-3-8-24)28-13-15-31-30(20-28)36-32(37(31)22-25-9-6-17-34-21-25)23-39-29-14-12-26-10-4-5-11-27(26)19-29/h1-15,17,19-21H,16,18,22-23H2,(H,35,38). The highest BCUT2D eigenvalue weighted by atomic mass is 16.5. The summed E-state index contributed by atoms with van der Waals surface area (Å²) in [7, 11) is 0. The predicted octanol–water partition coefficient (Wildman–Crippen LogP) is 6.18. The first-order valence-corrected chi connectivity index (χ1v) is 13.0. The van der Waals surface area contributed by atoms with Crippen molar-refractivity contribution in [3.63, 3.8) is 0 Å². The van der Waals surface area contributed by atoms with E-state index in [1.165, 1.54) is 10.9 Å². The van der Waals surface area contributed by atoms with Gasteiger partial charge < -0.3 is 14.6 Å². The van der Waals surface area contributed by atoms with Crippen molar-refractivity contribution >= 4 is 27.7 Å². The topological polar surface area (TPSA) is 69.0 Å². The lowest BCUT2D eigenvalue weighted by atomic mass is 10.1. The van der Waals surface area contributed by atoms with Crippen LogP contribution < -0.4 is 10.1 Å². The monoisotopic (exact) mass is 512 g/mol. The van der Waals surface area contributed by atoms with Gasteiger partial charge in [0.05, 0.1) is 17.6 Å². The van der Waals surface area contributed by atoms with Crippen molar-refractivity contribution in [1.82, 2.24) is 19.9 Å². The molecule has 0 aliphatic heterocycles. The largest absolute Gasteiger partial charge is 0.486 e. The second-order valence-corrected chi connectivity index (χ2v) is 9.47. The molecule has 6 aromatic rings. The Kier molecular flexibility index (Phi) is 6.99. The molecule has 0 unspecified atom stereocenters. The van der Waals surface area contributed by atoms with Crippen molar-refractivity contribution in [2.24, 2.45) is 0 Å². The minimum Gasteiger partial charge on any atom is -0.486 e. The average molecular weight is 513 g/mol. The Bertz CT molecular complexity index is 1730. The van der Waals surface area contributed by atoms with Crippen LogP contribution in [-0.4, -0.2) is 27.0 Å². The molecule has 4 aromatic carbocycles. The molecule has 0 saturated heterocycles. The maximum Gasteiger partial charge on any atom is 0.251 e. The van der Waals surface area contributed by atoms with Crippen LogP contribution in [0.15, 0.2) is 116 Å². The van der Waals surface area contributed by atoms with Crippen LogP contribution >= 0.6 is 0 Å². The van der Waals surface area contributed by atoms with E-state index in [0.717, 1.165) is 40.0 Å². The minimum atomic E-state index is -0.108. The quantitative estimate of drug-likeness (QED) is 0.251. The first-order chi connectivity index (χ1) is 19.2. The van der Waals surface area contributed by atoms with Gasteiger partial charge in [0.2, 0.25) is 0 Å². The van der Waals surface area contributed by atoms with E-state index in [0.29, 0.717) is 25.3 Å². The molecule has 6 rings (SSSR count). The summed E-state index contributed by atoms with van der Waals surface area (Å²) in [4.78, 5) is 22.1. The molecule has 0 radical (unpaired) electrons. The van der Waals surface area contributed by atoms with Crippen LogP contribution in [0.2, 0.25) is 0 Å². The maximum absolute atomic E-state index is 12.9. The summed E-state index contributed by atoms with van der Waals surface area (Å²) in [5, 5.41) is 5.32. The van der Waals surface area contributed by atoms with Crippen LogP contribution in [0.25, 0.3) is 21.8 Å². The third-order valence-electron chi connectivity index (χ3n) is 6.78. The smallest absolute Gasteiger partial charge is 0.251 e. The highest BCUT2D eigenvalue weighted by molar-refractivity contribution is 5.97. The van der Waals surface area contributed by atoms with Crippen LogP contribution in [0.5, 0.6) is 5.75 Å². The number of rotatable bonds is 9. The Labute approximate surface area is 226 Å². The maximum atomic E-state index is 12.9. The molecule has 0 spiro atoms. The molecule has 0 saturated carbocycles. The normalized spacial score (nSPS) is 11.1. The first-order valence-electron chi connectivity index (χ1n) is 13.0. The van der Waals surface area contributed by atoms with E-state index in [4.69, 9.17) is 9.72 Å². The summed E-state index contributed by atoms with van der Waals surface area (Å²) >= 11 is 0. The molecule has 1 amide bonds. The van der Waals surface area contributed by atoms with Crippen molar-refractivity contribution in [1.29, 1.82) is 0 Å². The van der Waals surface area contributed by atoms with Crippen LogP contribution in [-0.2, 0) is 19.6 Å². The summed E-state index contributed by atoms with van der Waals surface area (Å²) in [6.07, 6.45) is 4.40. The second-order valence-electron chi connectivity index (χ2n) is 9.47. The van der Waals surface area contributed by atoms with Crippen molar-refractivity contribution in [2.45, 2.75) is 19.6 Å². The Morgan fingerprint density at radius 1 is 0.821 bits per heavy atom. The zero-order chi connectivity index (χ0) is 26.4. The third-order valence-corrected chi connectivity index (χ3v) is 6.78. The van der Waals surface area contributed by atoms with E-state index in [-0.39, 0.29) is 5.91 Å². The first kappa shape index (κ1) is 24.4. The number of nitrogens with one attached hydrogen (secondary N) is 1. The number of amides is 1. The Morgan fingerprint density at radius 2 is 1.64 bits per heavy atom. The summed E-state index contributed by atoms with van der Waals surface area (Å²) in [6, 6.07) is 34.1. The van der Waals surface area contributed by atoms with E-state index in [1.54, 1.807) is 6.20 Å². The molecule has 0 aliphatic rings. The average Bonchev–Trinajstić information content (AvgIpc) is 3.33. The molecule has 0 aliphatic carbocycles. The van der Waals surface area contributed by atoms with Crippen molar-refractivity contribution < 1.29 is 9.53 Å². The fourth-order valence-corrected chi connectivity index (χ4v) is 4.75. The van der Waals surface area contributed by atoms with Gasteiger partial charge in [-0.1, -0.05) is 66.7 Å². The summed E-state index contributed by atoms with van der Waals surface area (Å²) in [5.74, 6) is 1.46. The van der Waals surface area contributed by atoms with Gasteiger partial charge in [0.1, 0.15) is 18.2 Å². The molecule has 192 valence electrons. The number of ether oxygens (including phenoxy) is 1. The fraction of sp³-hybridized carbons (Fsp3) is 0.121. The minimum absolute atomic E-state index is 0.108. The van der Waals surface area contributed by atoms with Crippen LogP contribution in [0.4, 0.5) is 0 Å². The van der Waals surface area contributed by atoms with Crippen molar-refractivity contribution in [3.05, 3.63) is 138 Å². The number of fused-ring (bicyclic) bond motifs is 2. The number of hydrogen-bond donors (Lipinski definition) is 1. The number of benzene rings is 4. The zero-order valence-electron chi connectivity index (χ0n) is 21.5. The SMILES string of the molecule is O=C(NCCc1ccccc1)c1ccc2c(c1)nc(COc1ccc3ccccc3c1)n2Cc1cccnc1. The van der Waals surface area contributed by atoms with Gasteiger partial charge in [-0.3, -0.25) is 9.78 Å². The molecule has 0 atom stereocenters. The number of aromatic nitrogens is 3. The van der Waals surface area contributed by atoms with Gasteiger partial charge in [0, 0.05) is 24.5 Å². The van der Waals surface area contributed by atoms with Gasteiger partial charge in [-0.05, 0) is 64.7 Å². The lowest BCUT2D eigenvalue weighted by Gasteiger charge is -2.11. The molecule has 2 heterocycles. The number of carbonyl (C=O) groups excluding carboxylic acids is 1. The molecular weight excluding hydrogens is 484 g/mol. The molecule has 6 nitrogen and oxygen atoms in total. The van der Waals surface area contributed by atoms with E-state index >= 15 is 0 Å². The van der Waals surface area contributed by atoms with Gasteiger partial charge in [-0.25, -0.2) is 4.98 Å². The van der Waals surface area contributed by atoms with Crippen LogP contribution in [0.1, 0.15) is 27.3 Å². The Morgan fingerprint density at radius 3 is 2.49 bits per heavy atom. The number of pyridine rings is 1. The van der Waals surface area contributed by atoms with Crippen molar-refractivity contribution in [3.8, 4) is 5.75 Å². The van der Waals surface area contributed by atoms with Gasteiger partial charge in [-0.15, -0.1) is 0 Å². The lowest BCUT2D eigenvalue weighted by molar-refractivity contribution is 0.0954. The summed E-state index contributed by atoms with van der Waals surface area (Å²) < 4.78 is 8.33. The van der Waals surface area contributed by atoms with Gasteiger partial charge in [0.15, 0.2) is 0 Å². The fourth-order valence-electron chi connectivity index (χ4n) is 4.75. The number of imidazole rings is 1. The van der Waals surface area contributed by atoms with E-state index in [2.05, 4.69) is 45.2 Å². The highest BCUT2D eigenvalue weighted by Crippen LogP contribution is 2.24. The molecule has 6 heteroatoms. The van der Waals surface area contributed by atoms with E-state index in [1.807, 2.05) is 79.0 Å². The number of carbonyl (C=O) groups is 1. The molecular formula is C33H28N4O2. The van der Waals surface area contributed by atoms with Gasteiger partial charge >= 0.3 is 0 Å². The van der Waals surface area contributed by atoms with Crippen molar-refractivity contribution in [2.75, 3.05) is 6.54 Å². The number of nitrogens with zero attached hydrogens (tertiary/aromatic N) is 3. The van der Waals surface area contributed by atoms with Gasteiger partial charge in [-0.2, -0.15) is 0 Å². The van der Waals surface area contributed by atoms with Crippen LogP contribution in [0, 0.1) is 0 Å². The summed E-state index contributed by atoms with van der Waals surface area (Å²) in [6.45, 7) is 1.47.